The molecule has 1 saturated carbocycles. The van der Waals surface area contributed by atoms with Gasteiger partial charge in [0.2, 0.25) is 0 Å². The smallest absolute Gasteiger partial charge is 0.0331 e. The van der Waals surface area contributed by atoms with Crippen molar-refractivity contribution in [2.24, 2.45) is 5.92 Å². The molecule has 1 aliphatic carbocycles. The Morgan fingerprint density at radius 2 is 2.29 bits per heavy atom. The Morgan fingerprint density at radius 3 is 3.14 bits per heavy atom. The highest BCUT2D eigenvalue weighted by Gasteiger charge is 2.25. The summed E-state index contributed by atoms with van der Waals surface area (Å²) in [4.78, 5) is 1.63. The van der Waals surface area contributed by atoms with E-state index in [9.17, 15) is 0 Å². The molecule has 14 heavy (non-hydrogen) atoms. The molecule has 0 radical (unpaired) electrons. The van der Waals surface area contributed by atoms with Crippen LogP contribution in [0, 0.1) is 5.92 Å². The van der Waals surface area contributed by atoms with Crippen molar-refractivity contribution in [3.8, 4) is 0 Å². The highest BCUT2D eigenvalue weighted by Crippen LogP contribution is 2.37. The molecule has 0 aromatic carbocycles. The van der Waals surface area contributed by atoms with Crippen molar-refractivity contribution in [1.82, 2.24) is 5.32 Å². The zero-order valence-corrected chi connectivity index (χ0v) is 9.28. The van der Waals surface area contributed by atoms with E-state index in [4.69, 9.17) is 0 Å². The van der Waals surface area contributed by atoms with Crippen LogP contribution in [0.25, 0.3) is 0 Å². The minimum Gasteiger partial charge on any atom is -0.310 e. The van der Waals surface area contributed by atoms with Gasteiger partial charge in [-0.15, -0.1) is 11.3 Å². The molecule has 1 N–H and O–H groups in total. The van der Waals surface area contributed by atoms with Gasteiger partial charge in [0, 0.05) is 17.5 Å². The van der Waals surface area contributed by atoms with Gasteiger partial charge in [-0.05, 0) is 42.2 Å². The molecule has 0 bridgehead atoms. The van der Waals surface area contributed by atoms with E-state index in [1.807, 2.05) is 11.3 Å². The van der Waals surface area contributed by atoms with Crippen LogP contribution < -0.4 is 5.32 Å². The van der Waals surface area contributed by atoms with E-state index in [-0.39, 0.29) is 0 Å². The summed E-state index contributed by atoms with van der Waals surface area (Å²) in [5.41, 5.74) is 1.60. The van der Waals surface area contributed by atoms with Crippen LogP contribution in [0.4, 0.5) is 0 Å². The maximum absolute atomic E-state index is 3.65. The fraction of sp³-hybridized carbons (Fsp3) is 0.667. The molecule has 2 aliphatic rings. The summed E-state index contributed by atoms with van der Waals surface area (Å²) in [7, 11) is 0. The quantitative estimate of drug-likeness (QED) is 0.803. The van der Waals surface area contributed by atoms with E-state index in [1.54, 1.807) is 10.4 Å². The third-order valence-electron chi connectivity index (χ3n) is 3.46. The average Bonchev–Trinajstić information content (AvgIpc) is 2.91. The lowest BCUT2D eigenvalue weighted by atomic mass is 9.97. The molecule has 1 fully saturated rings. The topological polar surface area (TPSA) is 12.0 Å². The lowest BCUT2D eigenvalue weighted by Crippen LogP contribution is -2.28. The SMILES string of the molecule is c1cc2c(s1)CCNC2CCC1CC1. The molecule has 76 valence electrons. The molecule has 1 aliphatic heterocycles. The van der Waals surface area contributed by atoms with Crippen LogP contribution in [0.1, 0.15) is 42.2 Å². The predicted molar refractivity (Wildman–Crippen MR) is 60.7 cm³/mol. The van der Waals surface area contributed by atoms with Crippen LogP contribution in [-0.2, 0) is 6.42 Å². The van der Waals surface area contributed by atoms with E-state index in [2.05, 4.69) is 16.8 Å². The highest BCUT2D eigenvalue weighted by atomic mass is 32.1. The lowest BCUT2D eigenvalue weighted by molar-refractivity contribution is 0.454. The van der Waals surface area contributed by atoms with Crippen molar-refractivity contribution in [1.29, 1.82) is 0 Å². The Morgan fingerprint density at radius 1 is 1.36 bits per heavy atom. The van der Waals surface area contributed by atoms with Gasteiger partial charge in [0.25, 0.3) is 0 Å². The van der Waals surface area contributed by atoms with Gasteiger partial charge in [-0.2, -0.15) is 0 Å². The molecule has 1 unspecified atom stereocenters. The number of fused-ring (bicyclic) bond motifs is 1. The standard InChI is InChI=1S/C12H17NS/c1-2-9(1)3-4-11-10-6-8-14-12(10)5-7-13-11/h6,8-9,11,13H,1-5,7H2. The van der Waals surface area contributed by atoms with Crippen molar-refractivity contribution < 1.29 is 0 Å². The van der Waals surface area contributed by atoms with Gasteiger partial charge >= 0.3 is 0 Å². The molecule has 1 atom stereocenters. The first-order valence-electron chi connectivity index (χ1n) is 5.73. The van der Waals surface area contributed by atoms with Gasteiger partial charge in [0.15, 0.2) is 0 Å². The Kier molecular flexibility index (Phi) is 2.34. The summed E-state index contributed by atoms with van der Waals surface area (Å²) in [6.07, 6.45) is 7.01. The Hall–Kier alpha value is -0.340. The van der Waals surface area contributed by atoms with E-state index in [0.29, 0.717) is 6.04 Å². The number of hydrogen-bond acceptors (Lipinski definition) is 2. The van der Waals surface area contributed by atoms with Crippen molar-refractivity contribution in [3.05, 3.63) is 21.9 Å². The monoisotopic (exact) mass is 207 g/mol. The maximum atomic E-state index is 3.65. The lowest BCUT2D eigenvalue weighted by Gasteiger charge is -2.24. The van der Waals surface area contributed by atoms with Gasteiger partial charge in [-0.3, -0.25) is 0 Å². The minimum atomic E-state index is 0.672. The van der Waals surface area contributed by atoms with Crippen molar-refractivity contribution >= 4 is 11.3 Å². The number of nitrogens with one attached hydrogen (secondary N) is 1. The van der Waals surface area contributed by atoms with E-state index in [0.717, 1.165) is 5.92 Å². The summed E-state index contributed by atoms with van der Waals surface area (Å²) in [5.74, 6) is 1.07. The number of rotatable bonds is 3. The van der Waals surface area contributed by atoms with E-state index in [1.165, 1.54) is 38.6 Å². The second-order valence-corrected chi connectivity index (χ2v) is 5.58. The molecular formula is C12H17NS. The molecule has 0 spiro atoms. The molecular weight excluding hydrogens is 190 g/mol. The average molecular weight is 207 g/mol. The summed E-state index contributed by atoms with van der Waals surface area (Å²) >= 11 is 1.94. The van der Waals surface area contributed by atoms with Gasteiger partial charge in [-0.1, -0.05) is 12.8 Å². The van der Waals surface area contributed by atoms with E-state index >= 15 is 0 Å². The predicted octanol–water partition coefficient (Wildman–Crippen LogP) is 3.13. The van der Waals surface area contributed by atoms with Crippen LogP contribution in [0.2, 0.25) is 0 Å². The Balaban J connectivity index is 1.68. The molecule has 3 rings (SSSR count). The van der Waals surface area contributed by atoms with Gasteiger partial charge in [0.1, 0.15) is 0 Å². The van der Waals surface area contributed by atoms with Gasteiger partial charge in [0.05, 0.1) is 0 Å². The minimum absolute atomic E-state index is 0.672. The highest BCUT2D eigenvalue weighted by molar-refractivity contribution is 7.10. The van der Waals surface area contributed by atoms with Crippen LogP contribution in [-0.4, -0.2) is 6.54 Å². The third kappa shape index (κ3) is 1.73. The second kappa shape index (κ2) is 3.67. The van der Waals surface area contributed by atoms with Crippen molar-refractivity contribution in [3.63, 3.8) is 0 Å². The molecule has 1 aromatic heterocycles. The summed E-state index contributed by atoms with van der Waals surface area (Å²) in [5, 5.41) is 5.90. The molecule has 0 amide bonds. The molecule has 1 nitrogen and oxygen atoms in total. The number of thiophene rings is 1. The van der Waals surface area contributed by atoms with Gasteiger partial charge < -0.3 is 5.32 Å². The summed E-state index contributed by atoms with van der Waals surface area (Å²) < 4.78 is 0. The molecule has 1 aromatic rings. The number of hydrogen-bond donors (Lipinski definition) is 1. The van der Waals surface area contributed by atoms with Gasteiger partial charge in [-0.25, -0.2) is 0 Å². The maximum Gasteiger partial charge on any atom is 0.0331 e. The molecule has 2 heterocycles. The van der Waals surface area contributed by atoms with Crippen LogP contribution in [0.3, 0.4) is 0 Å². The normalized spacial score (nSPS) is 26.1. The zero-order chi connectivity index (χ0) is 9.38. The van der Waals surface area contributed by atoms with Crippen LogP contribution in [0.5, 0.6) is 0 Å². The molecule has 0 saturated heterocycles. The second-order valence-electron chi connectivity index (χ2n) is 4.58. The Bertz CT molecular complexity index is 314. The molecule has 2 heteroatoms. The first-order chi connectivity index (χ1) is 6.93. The van der Waals surface area contributed by atoms with E-state index < -0.39 is 0 Å². The fourth-order valence-electron chi connectivity index (χ4n) is 2.40. The fourth-order valence-corrected chi connectivity index (χ4v) is 3.35. The first kappa shape index (κ1) is 8.93. The first-order valence-corrected chi connectivity index (χ1v) is 6.61. The zero-order valence-electron chi connectivity index (χ0n) is 8.46. The van der Waals surface area contributed by atoms with Crippen molar-refractivity contribution in [2.45, 2.75) is 38.1 Å². The van der Waals surface area contributed by atoms with Crippen LogP contribution >= 0.6 is 11.3 Å². The van der Waals surface area contributed by atoms with Crippen molar-refractivity contribution in [2.75, 3.05) is 6.54 Å². The largest absolute Gasteiger partial charge is 0.310 e. The summed E-state index contributed by atoms with van der Waals surface area (Å²) in [6, 6.07) is 2.99. The van der Waals surface area contributed by atoms with Crippen LogP contribution in [0.15, 0.2) is 11.4 Å². The third-order valence-corrected chi connectivity index (χ3v) is 4.46. The summed E-state index contributed by atoms with van der Waals surface area (Å²) in [6.45, 7) is 1.18. The Labute approximate surface area is 89.5 Å².